The molecule has 5 amide bonds. The number of nitrogens with one attached hydrogen (secondary N) is 2. The Morgan fingerprint density at radius 2 is 1.72 bits per heavy atom. The molecule has 2 aliphatic rings. The molecule has 0 radical (unpaired) electrons. The number of H-pyrrole nitrogens is 1. The van der Waals surface area contributed by atoms with Crippen molar-refractivity contribution in [1.82, 2.24) is 20.1 Å². The molecule has 1 atom stereocenters. The van der Waals surface area contributed by atoms with Gasteiger partial charge in [0.2, 0.25) is 5.91 Å². The van der Waals surface area contributed by atoms with E-state index in [0.29, 0.717) is 29.4 Å². The summed E-state index contributed by atoms with van der Waals surface area (Å²) in [5.74, 6) is -4.61. The fourth-order valence-electron chi connectivity index (χ4n) is 5.60. The van der Waals surface area contributed by atoms with Gasteiger partial charge in [-0.25, -0.2) is 14.0 Å². The number of likely N-dealkylation sites (tertiary alicyclic amines) is 1. The lowest BCUT2D eigenvalue weighted by molar-refractivity contribution is -0.139. The van der Waals surface area contributed by atoms with Crippen LogP contribution < -0.4 is 16.0 Å². The van der Waals surface area contributed by atoms with Gasteiger partial charge in [-0.2, -0.15) is 13.2 Å². The van der Waals surface area contributed by atoms with Crippen LogP contribution >= 0.6 is 0 Å². The highest BCUT2D eigenvalue weighted by molar-refractivity contribution is 6.17. The molecule has 5 rings (SSSR count). The number of amides is 5. The van der Waals surface area contributed by atoms with Crippen molar-refractivity contribution in [3.05, 3.63) is 63.9 Å². The van der Waals surface area contributed by atoms with Gasteiger partial charge >= 0.3 is 18.0 Å². The van der Waals surface area contributed by atoms with E-state index in [1.54, 1.807) is 26.0 Å². The number of aromatic nitrogens is 1. The third-order valence-corrected chi connectivity index (χ3v) is 7.93. The fourth-order valence-corrected chi connectivity index (χ4v) is 5.60. The van der Waals surface area contributed by atoms with Crippen molar-refractivity contribution in [3.63, 3.8) is 0 Å². The second-order valence-electron chi connectivity index (χ2n) is 10.9. The van der Waals surface area contributed by atoms with Gasteiger partial charge in [0.25, 0.3) is 11.8 Å². The summed E-state index contributed by atoms with van der Waals surface area (Å²) >= 11 is 0. The molecule has 1 spiro atoms. The molecule has 1 aromatic heterocycles. The Labute approximate surface area is 241 Å². The molecular weight excluding hydrogens is 578 g/mol. The summed E-state index contributed by atoms with van der Waals surface area (Å²) in [5, 5.41) is 2.37. The number of hydrogen-bond acceptors (Lipinski definition) is 6. The lowest BCUT2D eigenvalue weighted by atomic mass is 9.85. The first-order valence-electron chi connectivity index (χ1n) is 13.4. The second kappa shape index (κ2) is 10.5. The molecule has 228 valence electrons. The molecule has 0 bridgehead atoms. The number of hydrogen-bond donors (Lipinski definition) is 2. The van der Waals surface area contributed by atoms with Gasteiger partial charge in [-0.1, -0.05) is 13.8 Å². The lowest BCUT2D eigenvalue weighted by Gasteiger charge is -2.43. The number of benzene rings is 2. The van der Waals surface area contributed by atoms with Crippen LogP contribution in [0.3, 0.4) is 0 Å². The molecule has 0 unspecified atom stereocenters. The predicted octanol–water partition coefficient (Wildman–Crippen LogP) is 3.49. The van der Waals surface area contributed by atoms with E-state index < -0.39 is 70.1 Å². The average Bonchev–Trinajstić information content (AvgIpc) is 3.40. The van der Waals surface area contributed by atoms with Gasteiger partial charge in [0.15, 0.2) is 5.58 Å². The smallest absolute Gasteiger partial charge is 0.408 e. The van der Waals surface area contributed by atoms with Crippen molar-refractivity contribution in [2.75, 3.05) is 25.0 Å². The Bertz CT molecular complexity index is 1690. The Morgan fingerprint density at radius 1 is 1.05 bits per heavy atom. The minimum absolute atomic E-state index is 0.000681. The number of imide groups is 1. The molecular formula is C28H27F4N5O6. The van der Waals surface area contributed by atoms with Crippen LogP contribution in [0.2, 0.25) is 0 Å². The van der Waals surface area contributed by atoms with E-state index in [9.17, 15) is 41.5 Å². The SMILES string of the molecule is CC(C)[C@@H](NC(=O)c1cc(C(F)(F)F)ccc1F)C(=O)N1CCC2(CC1)C(=O)N(C)C(=O)N2c1ccc2[nH]c(=O)oc2c1. The first-order chi connectivity index (χ1) is 20.1. The van der Waals surface area contributed by atoms with E-state index in [1.165, 1.54) is 22.9 Å². The molecule has 2 aliphatic heterocycles. The monoisotopic (exact) mass is 605 g/mol. The number of nitrogens with zero attached hydrogens (tertiary/aromatic N) is 3. The van der Waals surface area contributed by atoms with Gasteiger partial charge in [0, 0.05) is 26.2 Å². The fraction of sp³-hybridized carbons (Fsp3) is 0.393. The van der Waals surface area contributed by atoms with E-state index in [2.05, 4.69) is 10.3 Å². The van der Waals surface area contributed by atoms with Crippen molar-refractivity contribution in [1.29, 1.82) is 0 Å². The molecule has 0 aliphatic carbocycles. The van der Waals surface area contributed by atoms with Crippen LogP contribution in [-0.4, -0.2) is 70.3 Å². The molecule has 2 aromatic carbocycles. The van der Waals surface area contributed by atoms with E-state index in [0.717, 1.165) is 4.90 Å². The molecule has 3 heterocycles. The zero-order valence-electron chi connectivity index (χ0n) is 23.3. The Kier molecular flexibility index (Phi) is 7.30. The Hall–Kier alpha value is -4.69. The van der Waals surface area contributed by atoms with Gasteiger partial charge in [0.1, 0.15) is 17.4 Å². The van der Waals surface area contributed by atoms with Crippen LogP contribution in [0.4, 0.5) is 28.0 Å². The Balaban J connectivity index is 1.36. The quantitative estimate of drug-likeness (QED) is 0.338. The zero-order valence-corrected chi connectivity index (χ0v) is 23.3. The van der Waals surface area contributed by atoms with Crippen molar-refractivity contribution in [3.8, 4) is 0 Å². The highest BCUT2D eigenvalue weighted by atomic mass is 19.4. The normalized spacial score (nSPS) is 17.8. The molecule has 2 saturated heterocycles. The highest BCUT2D eigenvalue weighted by Gasteiger charge is 2.58. The summed E-state index contributed by atoms with van der Waals surface area (Å²) < 4.78 is 58.9. The van der Waals surface area contributed by atoms with E-state index in [-0.39, 0.29) is 31.5 Å². The molecule has 43 heavy (non-hydrogen) atoms. The summed E-state index contributed by atoms with van der Waals surface area (Å²) in [6.45, 7) is 3.23. The van der Waals surface area contributed by atoms with Gasteiger partial charge in [-0.05, 0) is 49.1 Å². The van der Waals surface area contributed by atoms with E-state index in [4.69, 9.17) is 4.42 Å². The Morgan fingerprint density at radius 3 is 2.35 bits per heavy atom. The largest absolute Gasteiger partial charge is 0.417 e. The molecule has 11 nitrogen and oxygen atoms in total. The van der Waals surface area contributed by atoms with Gasteiger partial charge < -0.3 is 14.6 Å². The maximum absolute atomic E-state index is 14.3. The first kappa shape index (κ1) is 29.8. The van der Waals surface area contributed by atoms with Crippen molar-refractivity contribution in [2.24, 2.45) is 5.92 Å². The molecule has 2 fully saturated rings. The van der Waals surface area contributed by atoms with Crippen molar-refractivity contribution < 1.29 is 41.2 Å². The number of carbonyl (C=O) groups is 4. The summed E-state index contributed by atoms with van der Waals surface area (Å²) in [6, 6.07) is 4.21. The number of fused-ring (bicyclic) bond motifs is 1. The van der Waals surface area contributed by atoms with Crippen LogP contribution in [0.5, 0.6) is 0 Å². The van der Waals surface area contributed by atoms with Crippen LogP contribution in [0.1, 0.15) is 42.6 Å². The third-order valence-electron chi connectivity index (χ3n) is 7.93. The predicted molar refractivity (Wildman–Crippen MR) is 144 cm³/mol. The number of carbonyl (C=O) groups excluding carboxylic acids is 4. The molecule has 2 N–H and O–H groups in total. The number of halogens is 4. The number of alkyl halides is 3. The molecule has 15 heteroatoms. The number of anilines is 1. The van der Waals surface area contributed by atoms with Gasteiger partial charge in [-0.15, -0.1) is 0 Å². The van der Waals surface area contributed by atoms with Crippen LogP contribution in [-0.2, 0) is 15.8 Å². The van der Waals surface area contributed by atoms with Gasteiger partial charge in [-0.3, -0.25) is 29.2 Å². The number of aromatic amines is 1. The standard InChI is InChI=1S/C28H27F4N5O6/c1-14(2)21(34-22(38)17-12-15(28(30,31)32)4-6-18(17)29)23(39)36-10-8-27(9-11-36)24(40)35(3)26(42)37(27)16-5-7-19-20(13-16)43-25(41)33-19/h4-7,12-14,21H,8-11H2,1-3H3,(H,33,41)(H,34,38)/t21-/m1/s1. The maximum Gasteiger partial charge on any atom is 0.417 e. The minimum Gasteiger partial charge on any atom is -0.408 e. The lowest BCUT2D eigenvalue weighted by Crippen LogP contribution is -2.60. The highest BCUT2D eigenvalue weighted by Crippen LogP contribution is 2.41. The average molecular weight is 606 g/mol. The number of urea groups is 1. The van der Waals surface area contributed by atoms with Crippen LogP contribution in [0.25, 0.3) is 11.1 Å². The number of rotatable bonds is 5. The van der Waals surface area contributed by atoms with Crippen LogP contribution in [0.15, 0.2) is 45.6 Å². The summed E-state index contributed by atoms with van der Waals surface area (Å²) in [7, 11) is 1.34. The minimum atomic E-state index is -4.80. The number of oxazole rings is 1. The third kappa shape index (κ3) is 5.12. The summed E-state index contributed by atoms with van der Waals surface area (Å²) in [4.78, 5) is 70.8. The maximum atomic E-state index is 14.3. The topological polar surface area (TPSA) is 136 Å². The van der Waals surface area contributed by atoms with Gasteiger partial charge in [0.05, 0.1) is 22.3 Å². The summed E-state index contributed by atoms with van der Waals surface area (Å²) in [5.41, 5.74) is -2.50. The summed E-state index contributed by atoms with van der Waals surface area (Å²) in [6.07, 6.45) is -4.74. The second-order valence-corrected chi connectivity index (χ2v) is 10.9. The first-order valence-corrected chi connectivity index (χ1v) is 13.4. The molecule has 0 saturated carbocycles. The number of piperidine rings is 1. The van der Waals surface area contributed by atoms with Crippen molar-refractivity contribution in [2.45, 2.75) is 44.4 Å². The zero-order chi connectivity index (χ0) is 31.4. The van der Waals surface area contributed by atoms with E-state index >= 15 is 0 Å². The molecule has 3 aromatic rings. The number of likely N-dealkylation sites (N-methyl/N-ethyl adjacent to an activating group) is 1. The van der Waals surface area contributed by atoms with Crippen molar-refractivity contribution >= 4 is 40.5 Å². The van der Waals surface area contributed by atoms with Crippen LogP contribution in [0, 0.1) is 11.7 Å². The van der Waals surface area contributed by atoms with E-state index in [1.807, 2.05) is 0 Å².